The molecule has 39 heavy (non-hydrogen) atoms. The molecule has 10 heteroatoms. The molecule has 5 rings (SSSR count). The summed E-state index contributed by atoms with van der Waals surface area (Å²) in [6.45, 7) is 6.86. The number of carbonyl (C=O) groups is 3. The molecule has 1 N–H and O–H groups in total. The van der Waals surface area contributed by atoms with Crippen LogP contribution in [0.5, 0.6) is 0 Å². The van der Waals surface area contributed by atoms with Crippen LogP contribution in [-0.2, 0) is 14.4 Å². The van der Waals surface area contributed by atoms with Crippen LogP contribution in [0.25, 0.3) is 0 Å². The average molecular weight is 547 g/mol. The number of piperazine rings is 1. The number of benzene rings is 2. The van der Waals surface area contributed by atoms with Crippen molar-refractivity contribution >= 4 is 51.9 Å². The van der Waals surface area contributed by atoms with Crippen molar-refractivity contribution in [1.29, 1.82) is 0 Å². The van der Waals surface area contributed by atoms with Gasteiger partial charge in [0.05, 0.1) is 11.4 Å². The number of para-hydroxylation sites is 2. The highest BCUT2D eigenvalue weighted by Crippen LogP contribution is 2.34. The van der Waals surface area contributed by atoms with Crippen molar-refractivity contribution in [2.24, 2.45) is 9.98 Å². The molecule has 3 amide bonds. The minimum absolute atomic E-state index is 0.0472. The summed E-state index contributed by atoms with van der Waals surface area (Å²) in [5.74, 6) is 0.446. The number of amidine groups is 2. The number of anilines is 1. The van der Waals surface area contributed by atoms with Crippen molar-refractivity contribution in [3.05, 3.63) is 60.2 Å². The smallest absolute Gasteiger partial charge is 0.259 e. The van der Waals surface area contributed by atoms with Gasteiger partial charge in [-0.15, -0.1) is 0 Å². The lowest BCUT2D eigenvalue weighted by Crippen LogP contribution is -2.49. The van der Waals surface area contributed by atoms with Crippen molar-refractivity contribution in [2.45, 2.75) is 45.2 Å². The van der Waals surface area contributed by atoms with E-state index in [2.05, 4.69) is 27.3 Å². The number of hydrogen-bond acceptors (Lipinski definition) is 7. The van der Waals surface area contributed by atoms with Crippen LogP contribution in [0.3, 0.4) is 0 Å². The van der Waals surface area contributed by atoms with Gasteiger partial charge in [0.25, 0.3) is 5.91 Å². The zero-order valence-corrected chi connectivity index (χ0v) is 23.2. The van der Waals surface area contributed by atoms with Crippen LogP contribution in [-0.4, -0.2) is 82.5 Å². The van der Waals surface area contributed by atoms with Gasteiger partial charge in [-0.25, -0.2) is 9.89 Å². The maximum Gasteiger partial charge on any atom is 0.259 e. The molecule has 0 aliphatic carbocycles. The second-order valence-corrected chi connectivity index (χ2v) is 10.9. The molecular formula is C29H34N6O3S. The van der Waals surface area contributed by atoms with Crippen molar-refractivity contribution in [3.8, 4) is 0 Å². The van der Waals surface area contributed by atoms with E-state index in [0.717, 1.165) is 30.8 Å². The van der Waals surface area contributed by atoms with Gasteiger partial charge < -0.3 is 15.1 Å². The Bertz CT molecular complexity index is 1290. The van der Waals surface area contributed by atoms with Gasteiger partial charge in [-0.3, -0.25) is 19.4 Å². The van der Waals surface area contributed by atoms with E-state index in [4.69, 9.17) is 4.99 Å². The number of rotatable bonds is 8. The van der Waals surface area contributed by atoms with E-state index in [0.29, 0.717) is 30.5 Å². The first-order chi connectivity index (χ1) is 18.9. The molecule has 3 aliphatic rings. The second kappa shape index (κ2) is 12.0. The number of fused-ring (bicyclic) bond motifs is 3. The minimum atomic E-state index is -0.652. The lowest BCUT2D eigenvalue weighted by Gasteiger charge is -2.36. The lowest BCUT2D eigenvalue weighted by atomic mass is 10.1. The zero-order valence-electron chi connectivity index (χ0n) is 22.4. The van der Waals surface area contributed by atoms with Crippen LogP contribution in [0.15, 0.2) is 64.6 Å². The first kappa shape index (κ1) is 26.9. The Hall–Kier alpha value is -3.66. The first-order valence-electron chi connectivity index (χ1n) is 13.5. The Balaban J connectivity index is 1.21. The third-order valence-electron chi connectivity index (χ3n) is 7.29. The number of nitrogens with zero attached hydrogens (tertiary/aromatic N) is 5. The Morgan fingerprint density at radius 2 is 1.77 bits per heavy atom. The molecule has 0 saturated carbocycles. The van der Waals surface area contributed by atoms with E-state index in [9.17, 15) is 14.4 Å². The van der Waals surface area contributed by atoms with Gasteiger partial charge in [-0.2, -0.15) is 0 Å². The molecule has 3 aliphatic heterocycles. The highest BCUT2D eigenvalue weighted by molar-refractivity contribution is 8.14. The van der Waals surface area contributed by atoms with Crippen LogP contribution in [0.4, 0.5) is 11.4 Å². The van der Waals surface area contributed by atoms with Gasteiger partial charge in [-0.05, 0) is 44.0 Å². The molecule has 2 aromatic carbocycles. The van der Waals surface area contributed by atoms with Crippen LogP contribution in [0.2, 0.25) is 0 Å². The SMILES string of the molecule is CC[C@@H](C)NC(=O)CSC1=Nc2ccccc2C2=N[C@@H](CCC(=O)N3CCN(c4ccccc4)CC3)C(=O)N12. The standard InChI is InChI=1S/C29H34N6O3S/c1-3-20(2)30-25(36)19-39-29-32-23-12-8-7-11-22(23)27-31-24(28(38)35(27)29)13-14-26(37)34-17-15-33(16-18-34)21-9-5-4-6-10-21/h4-12,20,24H,3,13-19H2,1-2H3,(H,30,36)/t20-,24+/m1/s1. The summed E-state index contributed by atoms with van der Waals surface area (Å²) >= 11 is 1.23. The van der Waals surface area contributed by atoms with Gasteiger partial charge in [0.15, 0.2) is 5.17 Å². The summed E-state index contributed by atoms with van der Waals surface area (Å²) < 4.78 is 0. The number of aliphatic imine (C=N–C) groups is 2. The number of amides is 3. The fraction of sp³-hybridized carbons (Fsp3) is 0.414. The van der Waals surface area contributed by atoms with Gasteiger partial charge in [0, 0.05) is 49.9 Å². The normalized spacial score (nSPS) is 19.2. The van der Waals surface area contributed by atoms with Gasteiger partial charge in [-0.1, -0.05) is 49.0 Å². The topological polar surface area (TPSA) is 97.7 Å². The molecule has 0 aromatic heterocycles. The van der Waals surface area contributed by atoms with E-state index >= 15 is 0 Å². The maximum absolute atomic E-state index is 13.5. The highest BCUT2D eigenvalue weighted by atomic mass is 32.2. The number of thioether (sulfide) groups is 1. The summed E-state index contributed by atoms with van der Waals surface area (Å²) in [5.41, 5.74) is 2.67. The third kappa shape index (κ3) is 6.00. The first-order valence-corrected chi connectivity index (χ1v) is 14.5. The zero-order chi connectivity index (χ0) is 27.4. The quantitative estimate of drug-likeness (QED) is 0.547. The largest absolute Gasteiger partial charge is 0.368 e. The molecule has 1 saturated heterocycles. The van der Waals surface area contributed by atoms with E-state index in [-0.39, 0.29) is 35.9 Å². The third-order valence-corrected chi connectivity index (χ3v) is 8.22. The molecule has 3 heterocycles. The summed E-state index contributed by atoms with van der Waals surface area (Å²) in [4.78, 5) is 54.1. The fourth-order valence-electron chi connectivity index (χ4n) is 4.91. The van der Waals surface area contributed by atoms with E-state index in [1.54, 1.807) is 0 Å². The van der Waals surface area contributed by atoms with E-state index in [1.807, 2.05) is 61.2 Å². The summed E-state index contributed by atoms with van der Waals surface area (Å²) in [6, 6.07) is 17.2. The van der Waals surface area contributed by atoms with Crippen LogP contribution >= 0.6 is 11.8 Å². The molecular weight excluding hydrogens is 512 g/mol. The molecule has 1 fully saturated rings. The molecule has 204 valence electrons. The number of carbonyl (C=O) groups excluding carboxylic acids is 3. The van der Waals surface area contributed by atoms with Gasteiger partial charge in [0.1, 0.15) is 11.9 Å². The number of nitrogens with one attached hydrogen (secondary N) is 1. The molecule has 0 spiro atoms. The Labute approximate surface area is 233 Å². The van der Waals surface area contributed by atoms with Crippen molar-refractivity contribution in [2.75, 3.05) is 36.8 Å². The van der Waals surface area contributed by atoms with E-state index in [1.165, 1.54) is 22.3 Å². The monoisotopic (exact) mass is 546 g/mol. The van der Waals surface area contributed by atoms with Crippen molar-refractivity contribution < 1.29 is 14.4 Å². The average Bonchev–Trinajstić information content (AvgIpc) is 3.31. The van der Waals surface area contributed by atoms with Crippen molar-refractivity contribution in [3.63, 3.8) is 0 Å². The van der Waals surface area contributed by atoms with Gasteiger partial charge in [0.2, 0.25) is 11.8 Å². The summed E-state index contributed by atoms with van der Waals surface area (Å²) in [5, 5.41) is 3.40. The molecule has 0 radical (unpaired) electrons. The van der Waals surface area contributed by atoms with Crippen LogP contribution < -0.4 is 10.2 Å². The van der Waals surface area contributed by atoms with Crippen LogP contribution in [0, 0.1) is 0 Å². The molecule has 0 bridgehead atoms. The Morgan fingerprint density at radius 3 is 2.51 bits per heavy atom. The predicted molar refractivity (Wildman–Crippen MR) is 156 cm³/mol. The maximum atomic E-state index is 13.5. The van der Waals surface area contributed by atoms with Gasteiger partial charge >= 0.3 is 0 Å². The molecule has 9 nitrogen and oxygen atoms in total. The van der Waals surface area contributed by atoms with E-state index < -0.39 is 6.04 Å². The Kier molecular flexibility index (Phi) is 8.30. The predicted octanol–water partition coefficient (Wildman–Crippen LogP) is 3.42. The van der Waals surface area contributed by atoms with Crippen LogP contribution in [0.1, 0.15) is 38.7 Å². The minimum Gasteiger partial charge on any atom is -0.368 e. The lowest BCUT2D eigenvalue weighted by molar-refractivity contribution is -0.132. The fourth-order valence-corrected chi connectivity index (χ4v) is 5.72. The summed E-state index contributed by atoms with van der Waals surface area (Å²) in [6.07, 6.45) is 1.44. The Morgan fingerprint density at radius 1 is 1.05 bits per heavy atom. The summed E-state index contributed by atoms with van der Waals surface area (Å²) in [7, 11) is 0. The molecule has 2 aromatic rings. The van der Waals surface area contributed by atoms with Crippen molar-refractivity contribution in [1.82, 2.24) is 15.1 Å². The highest BCUT2D eigenvalue weighted by Gasteiger charge is 2.41. The molecule has 2 atom stereocenters. The second-order valence-electron chi connectivity index (χ2n) is 9.96. The molecule has 0 unspecified atom stereocenters. The number of hydrogen-bond donors (Lipinski definition) is 1.